The fraction of sp³-hybridized carbons (Fsp3) is 0.333. The number of nitrogens with zero attached hydrogens (tertiary/aromatic N) is 1. The van der Waals surface area contributed by atoms with Gasteiger partial charge in [-0.05, 0) is 37.3 Å². The van der Waals surface area contributed by atoms with Crippen LogP contribution in [0.4, 0.5) is 0 Å². The number of carbonyl (C=O) groups is 1. The molecule has 108 valence electrons. The van der Waals surface area contributed by atoms with Crippen molar-refractivity contribution in [1.82, 2.24) is 5.32 Å². The molecule has 1 N–H and O–H groups in total. The topological polar surface area (TPSA) is 66.0 Å². The van der Waals surface area contributed by atoms with E-state index in [1.807, 2.05) is 25.1 Å². The van der Waals surface area contributed by atoms with Crippen LogP contribution in [-0.4, -0.2) is 23.0 Å². The normalized spacial score (nSPS) is 21.4. The number of furan rings is 1. The molecule has 0 saturated carbocycles. The van der Waals surface area contributed by atoms with Gasteiger partial charge in [-0.15, -0.1) is 0 Å². The lowest BCUT2D eigenvalue weighted by Gasteiger charge is -2.20. The van der Waals surface area contributed by atoms with Crippen molar-refractivity contribution in [3.8, 4) is 6.07 Å². The Morgan fingerprint density at radius 2 is 2.38 bits per heavy atom. The SMILES string of the molecule is Cc1c(C(=O)NC2(C#N)CCSC2)oc2ccc(Br)cc12. The summed E-state index contributed by atoms with van der Waals surface area (Å²) in [6, 6.07) is 7.87. The smallest absolute Gasteiger partial charge is 0.288 e. The Hall–Kier alpha value is -1.45. The van der Waals surface area contributed by atoms with Crippen LogP contribution in [0.2, 0.25) is 0 Å². The molecule has 1 aliphatic rings. The first-order chi connectivity index (χ1) is 10.0. The number of hydrogen-bond acceptors (Lipinski definition) is 4. The predicted molar refractivity (Wildman–Crippen MR) is 86.4 cm³/mol. The minimum absolute atomic E-state index is 0.287. The first kappa shape index (κ1) is 14.5. The van der Waals surface area contributed by atoms with Crippen molar-refractivity contribution < 1.29 is 9.21 Å². The van der Waals surface area contributed by atoms with Gasteiger partial charge in [-0.25, -0.2) is 0 Å². The molecule has 6 heteroatoms. The summed E-state index contributed by atoms with van der Waals surface area (Å²) in [7, 11) is 0. The number of thioether (sulfide) groups is 1. The first-order valence-electron chi connectivity index (χ1n) is 6.55. The monoisotopic (exact) mass is 364 g/mol. The van der Waals surface area contributed by atoms with E-state index in [0.717, 1.165) is 21.2 Å². The number of aryl methyl sites for hydroxylation is 1. The van der Waals surface area contributed by atoms with E-state index < -0.39 is 5.54 Å². The largest absolute Gasteiger partial charge is 0.451 e. The van der Waals surface area contributed by atoms with Crippen LogP contribution in [0, 0.1) is 18.3 Å². The minimum Gasteiger partial charge on any atom is -0.451 e. The van der Waals surface area contributed by atoms with Gasteiger partial charge in [-0.3, -0.25) is 4.79 Å². The molecule has 1 atom stereocenters. The van der Waals surface area contributed by atoms with Crippen LogP contribution < -0.4 is 5.32 Å². The molecule has 1 fully saturated rings. The maximum atomic E-state index is 12.5. The summed E-state index contributed by atoms with van der Waals surface area (Å²) in [5.41, 5.74) is 0.698. The highest BCUT2D eigenvalue weighted by molar-refractivity contribution is 9.10. The summed E-state index contributed by atoms with van der Waals surface area (Å²) in [5, 5.41) is 13.1. The van der Waals surface area contributed by atoms with Crippen molar-refractivity contribution in [2.24, 2.45) is 0 Å². The fourth-order valence-electron chi connectivity index (χ4n) is 2.46. The Morgan fingerprint density at radius 3 is 3.05 bits per heavy atom. The first-order valence-corrected chi connectivity index (χ1v) is 8.50. The Labute approximate surface area is 135 Å². The maximum Gasteiger partial charge on any atom is 0.288 e. The number of benzene rings is 1. The summed E-state index contributed by atoms with van der Waals surface area (Å²) in [4.78, 5) is 12.5. The van der Waals surface area contributed by atoms with E-state index in [4.69, 9.17) is 4.42 Å². The average molecular weight is 365 g/mol. The van der Waals surface area contributed by atoms with Crippen molar-refractivity contribution in [3.63, 3.8) is 0 Å². The Morgan fingerprint density at radius 1 is 1.57 bits per heavy atom. The van der Waals surface area contributed by atoms with Crippen LogP contribution in [0.3, 0.4) is 0 Å². The van der Waals surface area contributed by atoms with E-state index in [2.05, 4.69) is 27.3 Å². The molecule has 1 aliphatic heterocycles. The third-order valence-electron chi connectivity index (χ3n) is 3.69. The molecule has 0 radical (unpaired) electrons. The Balaban J connectivity index is 1.95. The summed E-state index contributed by atoms with van der Waals surface area (Å²) >= 11 is 5.10. The van der Waals surface area contributed by atoms with E-state index >= 15 is 0 Å². The van der Waals surface area contributed by atoms with Crippen molar-refractivity contribution in [1.29, 1.82) is 5.26 Å². The number of amides is 1. The lowest BCUT2D eigenvalue weighted by molar-refractivity contribution is 0.0899. The van der Waals surface area contributed by atoms with E-state index in [1.165, 1.54) is 0 Å². The van der Waals surface area contributed by atoms with Gasteiger partial charge in [0.1, 0.15) is 11.1 Å². The van der Waals surface area contributed by atoms with Gasteiger partial charge in [-0.1, -0.05) is 15.9 Å². The van der Waals surface area contributed by atoms with E-state index in [9.17, 15) is 10.1 Å². The molecule has 4 nitrogen and oxygen atoms in total. The molecule has 3 rings (SSSR count). The highest BCUT2D eigenvalue weighted by Gasteiger charge is 2.37. The second kappa shape index (κ2) is 5.39. The van der Waals surface area contributed by atoms with Gasteiger partial charge < -0.3 is 9.73 Å². The molecule has 21 heavy (non-hydrogen) atoms. The highest BCUT2D eigenvalue weighted by Crippen LogP contribution is 2.30. The number of nitriles is 1. The quantitative estimate of drug-likeness (QED) is 0.883. The standard InChI is InChI=1S/C15H13BrN2O2S/c1-9-11-6-10(16)2-3-12(11)20-13(9)14(19)18-15(7-17)4-5-21-8-15/h2-3,6H,4-5,8H2,1H3,(H,18,19). The van der Waals surface area contributed by atoms with Crippen LogP contribution in [0.5, 0.6) is 0 Å². The number of nitrogens with one attached hydrogen (secondary N) is 1. The molecule has 0 bridgehead atoms. The summed E-state index contributed by atoms with van der Waals surface area (Å²) in [6.07, 6.45) is 0.671. The molecule has 1 aromatic heterocycles. The van der Waals surface area contributed by atoms with E-state index in [1.54, 1.807) is 11.8 Å². The van der Waals surface area contributed by atoms with Crippen LogP contribution in [-0.2, 0) is 0 Å². The lowest BCUT2D eigenvalue weighted by Crippen LogP contribution is -2.47. The number of fused-ring (bicyclic) bond motifs is 1. The molecule has 1 saturated heterocycles. The molecular weight excluding hydrogens is 352 g/mol. The van der Waals surface area contributed by atoms with Crippen LogP contribution in [0.1, 0.15) is 22.5 Å². The van der Waals surface area contributed by atoms with Crippen molar-refractivity contribution in [2.45, 2.75) is 18.9 Å². The zero-order valence-corrected chi connectivity index (χ0v) is 13.8. The molecular formula is C15H13BrN2O2S. The molecule has 1 unspecified atom stereocenters. The molecule has 2 aromatic rings. The number of rotatable bonds is 2. The lowest BCUT2D eigenvalue weighted by atomic mass is 10.0. The van der Waals surface area contributed by atoms with Gasteiger partial charge in [0.25, 0.3) is 5.91 Å². The van der Waals surface area contributed by atoms with Gasteiger partial charge in [0, 0.05) is 21.2 Å². The number of hydrogen-bond donors (Lipinski definition) is 1. The van der Waals surface area contributed by atoms with Gasteiger partial charge in [0.2, 0.25) is 0 Å². The van der Waals surface area contributed by atoms with Gasteiger partial charge in [0.05, 0.1) is 6.07 Å². The number of halogens is 1. The molecule has 1 amide bonds. The Kier molecular flexibility index (Phi) is 3.72. The Bertz CT molecular complexity index is 757. The summed E-state index contributed by atoms with van der Waals surface area (Å²) < 4.78 is 6.60. The van der Waals surface area contributed by atoms with Gasteiger partial charge in [0.15, 0.2) is 5.76 Å². The molecule has 0 spiro atoms. The molecule has 2 heterocycles. The third kappa shape index (κ3) is 2.56. The van der Waals surface area contributed by atoms with E-state index in [-0.39, 0.29) is 11.7 Å². The van der Waals surface area contributed by atoms with Crippen molar-refractivity contribution in [2.75, 3.05) is 11.5 Å². The number of carbonyl (C=O) groups excluding carboxylic acids is 1. The maximum absolute atomic E-state index is 12.5. The molecule has 0 aliphatic carbocycles. The van der Waals surface area contributed by atoms with Crippen LogP contribution in [0.25, 0.3) is 11.0 Å². The van der Waals surface area contributed by atoms with Gasteiger partial charge in [-0.2, -0.15) is 17.0 Å². The van der Waals surface area contributed by atoms with E-state index in [0.29, 0.717) is 17.8 Å². The van der Waals surface area contributed by atoms with Crippen LogP contribution >= 0.6 is 27.7 Å². The zero-order valence-electron chi connectivity index (χ0n) is 11.4. The van der Waals surface area contributed by atoms with Gasteiger partial charge >= 0.3 is 0 Å². The van der Waals surface area contributed by atoms with Crippen molar-refractivity contribution in [3.05, 3.63) is 34.0 Å². The molecule has 1 aromatic carbocycles. The van der Waals surface area contributed by atoms with Crippen LogP contribution in [0.15, 0.2) is 27.1 Å². The zero-order chi connectivity index (χ0) is 15.0. The second-order valence-electron chi connectivity index (χ2n) is 5.15. The third-order valence-corrected chi connectivity index (χ3v) is 5.38. The average Bonchev–Trinajstić information content (AvgIpc) is 3.05. The summed E-state index contributed by atoms with van der Waals surface area (Å²) in [6.45, 7) is 1.86. The predicted octanol–water partition coefficient (Wildman–Crippen LogP) is 3.63. The second-order valence-corrected chi connectivity index (χ2v) is 7.17. The summed E-state index contributed by atoms with van der Waals surface area (Å²) in [5.74, 6) is 1.48. The minimum atomic E-state index is -0.770. The highest BCUT2D eigenvalue weighted by atomic mass is 79.9. The fourth-order valence-corrected chi connectivity index (χ4v) is 4.09. The van der Waals surface area contributed by atoms with Crippen molar-refractivity contribution >= 4 is 44.6 Å².